The number of carbonyl (C=O) groups is 1. The van der Waals surface area contributed by atoms with Crippen molar-refractivity contribution in [2.75, 3.05) is 7.11 Å². The summed E-state index contributed by atoms with van der Waals surface area (Å²) in [6, 6.07) is 17.5. The zero-order valence-electron chi connectivity index (χ0n) is 15.9. The van der Waals surface area contributed by atoms with Gasteiger partial charge in [-0.05, 0) is 60.1 Å². The molecular formula is C21H27ClO3Si. The predicted octanol–water partition coefficient (Wildman–Crippen LogP) is 6.29. The van der Waals surface area contributed by atoms with E-state index in [1.165, 1.54) is 0 Å². The van der Waals surface area contributed by atoms with E-state index in [4.69, 9.17) is 20.8 Å². The van der Waals surface area contributed by atoms with Crippen molar-refractivity contribution in [3.05, 3.63) is 64.7 Å². The molecule has 140 valence electrons. The molecule has 0 aromatic heterocycles. The number of hydrogen-bond donors (Lipinski definition) is 0. The molecule has 0 aliphatic carbocycles. The molecule has 0 N–H and O–H groups in total. The smallest absolute Gasteiger partial charge is 0.194 e. The number of carbonyl (C=O) groups excluding carboxylic acids is 1. The molecule has 0 unspecified atom stereocenters. The first-order valence-corrected chi connectivity index (χ1v) is 12.0. The minimum atomic E-state index is -1.97. The van der Waals surface area contributed by atoms with Crippen molar-refractivity contribution in [2.45, 2.75) is 45.0 Å². The van der Waals surface area contributed by atoms with Gasteiger partial charge in [-0.1, -0.05) is 44.5 Å². The second-order valence-electron chi connectivity index (χ2n) is 6.39. The molecule has 2 aromatic carbocycles. The molecule has 0 spiro atoms. The van der Waals surface area contributed by atoms with E-state index in [0.717, 1.165) is 29.4 Å². The molecule has 2 aromatic rings. The normalized spacial score (nSPS) is 12.7. The Morgan fingerprint density at radius 3 is 1.96 bits per heavy atom. The van der Waals surface area contributed by atoms with E-state index in [2.05, 4.69) is 20.8 Å². The second-order valence-corrected chi connectivity index (χ2v) is 11.5. The van der Waals surface area contributed by atoms with Crippen LogP contribution in [0.2, 0.25) is 23.2 Å². The molecule has 0 amide bonds. The molecule has 3 nitrogen and oxygen atoms in total. The molecular weight excluding hydrogens is 364 g/mol. The number of ketones is 1. The highest BCUT2D eigenvalue weighted by molar-refractivity contribution is 6.73. The quantitative estimate of drug-likeness (QED) is 0.372. The topological polar surface area (TPSA) is 35.5 Å². The molecule has 0 saturated heterocycles. The molecule has 0 aliphatic rings. The summed E-state index contributed by atoms with van der Waals surface area (Å²) >= 11 is 5.97. The zero-order valence-corrected chi connectivity index (χ0v) is 17.7. The van der Waals surface area contributed by atoms with Crippen molar-refractivity contribution in [3.63, 3.8) is 0 Å². The van der Waals surface area contributed by atoms with Crippen LogP contribution in [-0.4, -0.2) is 21.2 Å². The highest BCUT2D eigenvalue weighted by Crippen LogP contribution is 2.33. The van der Waals surface area contributed by atoms with Gasteiger partial charge in [0.2, 0.25) is 0 Å². The van der Waals surface area contributed by atoms with Crippen molar-refractivity contribution in [3.8, 4) is 5.75 Å². The van der Waals surface area contributed by atoms with Gasteiger partial charge in [-0.3, -0.25) is 4.79 Å². The number of ether oxygens (including phenoxy) is 1. The van der Waals surface area contributed by atoms with E-state index >= 15 is 0 Å². The first-order chi connectivity index (χ1) is 12.5. The van der Waals surface area contributed by atoms with Gasteiger partial charge in [0.05, 0.1) is 7.11 Å². The van der Waals surface area contributed by atoms with Gasteiger partial charge in [0.1, 0.15) is 11.9 Å². The van der Waals surface area contributed by atoms with Crippen molar-refractivity contribution in [1.82, 2.24) is 0 Å². The number of hydrogen-bond acceptors (Lipinski definition) is 3. The molecule has 0 radical (unpaired) electrons. The van der Waals surface area contributed by atoms with Gasteiger partial charge in [-0.15, -0.1) is 0 Å². The SMILES string of the molecule is CC[Si](CC)(CC)O[C@H](C(=O)c1ccc(Cl)cc1)c1ccc(OC)cc1. The molecule has 0 saturated carbocycles. The number of halogens is 1. The summed E-state index contributed by atoms with van der Waals surface area (Å²) in [6.45, 7) is 6.49. The van der Waals surface area contributed by atoms with E-state index in [9.17, 15) is 4.79 Å². The zero-order chi connectivity index (χ0) is 19.2. The molecule has 0 heterocycles. The Hall–Kier alpha value is -1.62. The number of benzene rings is 2. The van der Waals surface area contributed by atoms with Gasteiger partial charge < -0.3 is 9.16 Å². The van der Waals surface area contributed by atoms with Crippen LogP contribution in [0, 0.1) is 0 Å². The first kappa shape index (κ1) is 20.7. The minimum absolute atomic E-state index is 0.0286. The molecule has 0 bridgehead atoms. The fourth-order valence-corrected chi connectivity index (χ4v) is 5.94. The van der Waals surface area contributed by atoms with Crippen molar-refractivity contribution >= 4 is 25.7 Å². The summed E-state index contributed by atoms with van der Waals surface area (Å²) in [5.74, 6) is 0.732. The Morgan fingerprint density at radius 2 is 1.50 bits per heavy atom. The van der Waals surface area contributed by atoms with Crippen LogP contribution in [0.3, 0.4) is 0 Å². The average Bonchev–Trinajstić information content (AvgIpc) is 2.70. The Labute approximate surface area is 162 Å². The number of Topliss-reactive ketones (excluding diaryl/α,β-unsaturated/α-hetero) is 1. The fraction of sp³-hybridized carbons (Fsp3) is 0.381. The highest BCUT2D eigenvalue weighted by atomic mass is 35.5. The Morgan fingerprint density at radius 1 is 0.962 bits per heavy atom. The van der Waals surface area contributed by atoms with E-state index in [1.807, 2.05) is 24.3 Å². The second kappa shape index (κ2) is 9.35. The van der Waals surface area contributed by atoms with Crippen LogP contribution in [0.25, 0.3) is 0 Å². The van der Waals surface area contributed by atoms with Gasteiger partial charge in [0.25, 0.3) is 0 Å². The highest BCUT2D eigenvalue weighted by Gasteiger charge is 2.35. The van der Waals surface area contributed by atoms with Crippen LogP contribution in [0.1, 0.15) is 42.8 Å². The van der Waals surface area contributed by atoms with E-state index in [1.54, 1.807) is 31.4 Å². The van der Waals surface area contributed by atoms with Gasteiger partial charge in [0, 0.05) is 10.6 Å². The van der Waals surface area contributed by atoms with Crippen LogP contribution in [-0.2, 0) is 4.43 Å². The van der Waals surface area contributed by atoms with Crippen molar-refractivity contribution in [1.29, 1.82) is 0 Å². The molecule has 5 heteroatoms. The third kappa shape index (κ3) is 4.75. The third-order valence-electron chi connectivity index (χ3n) is 5.09. The summed E-state index contributed by atoms with van der Waals surface area (Å²) in [6.07, 6.45) is -0.603. The van der Waals surface area contributed by atoms with Crippen LogP contribution >= 0.6 is 11.6 Å². The Kier molecular flexibility index (Phi) is 7.44. The van der Waals surface area contributed by atoms with Crippen LogP contribution in [0.15, 0.2) is 48.5 Å². The van der Waals surface area contributed by atoms with E-state index in [0.29, 0.717) is 10.6 Å². The lowest BCUT2D eigenvalue weighted by Gasteiger charge is -2.33. The number of methoxy groups -OCH3 is 1. The molecule has 0 aliphatic heterocycles. The van der Waals surface area contributed by atoms with Crippen molar-refractivity contribution in [2.24, 2.45) is 0 Å². The van der Waals surface area contributed by atoms with E-state index < -0.39 is 14.4 Å². The van der Waals surface area contributed by atoms with Gasteiger partial charge >= 0.3 is 0 Å². The molecule has 2 rings (SSSR count). The summed E-state index contributed by atoms with van der Waals surface area (Å²) < 4.78 is 11.8. The van der Waals surface area contributed by atoms with Crippen LogP contribution in [0.5, 0.6) is 5.75 Å². The van der Waals surface area contributed by atoms with Crippen LogP contribution < -0.4 is 4.74 Å². The largest absolute Gasteiger partial charge is 0.497 e. The Bertz CT molecular complexity index is 701. The maximum Gasteiger partial charge on any atom is 0.194 e. The standard InChI is InChI=1S/C21H27ClO3Si/c1-5-26(6-2,7-3)25-21(17-10-14-19(24-4)15-11-17)20(23)16-8-12-18(22)13-9-16/h8-15,21H,5-7H2,1-4H3/t21-/m0/s1. The monoisotopic (exact) mass is 390 g/mol. The fourth-order valence-electron chi connectivity index (χ4n) is 3.07. The predicted molar refractivity (Wildman–Crippen MR) is 110 cm³/mol. The van der Waals surface area contributed by atoms with Gasteiger partial charge in [-0.25, -0.2) is 0 Å². The molecule has 26 heavy (non-hydrogen) atoms. The minimum Gasteiger partial charge on any atom is -0.497 e. The first-order valence-electron chi connectivity index (χ1n) is 9.10. The van der Waals surface area contributed by atoms with Crippen LogP contribution in [0.4, 0.5) is 0 Å². The maximum absolute atomic E-state index is 13.3. The summed E-state index contributed by atoms with van der Waals surface area (Å²) in [5.41, 5.74) is 1.47. The third-order valence-corrected chi connectivity index (χ3v) is 9.94. The molecule has 1 atom stereocenters. The lowest BCUT2D eigenvalue weighted by atomic mass is 10.00. The number of rotatable bonds is 9. The summed E-state index contributed by atoms with van der Waals surface area (Å²) in [7, 11) is -0.340. The van der Waals surface area contributed by atoms with E-state index in [-0.39, 0.29) is 5.78 Å². The average molecular weight is 391 g/mol. The maximum atomic E-state index is 13.3. The lowest BCUT2D eigenvalue weighted by molar-refractivity contribution is 0.0772. The lowest BCUT2D eigenvalue weighted by Crippen LogP contribution is -2.39. The van der Waals surface area contributed by atoms with Gasteiger partial charge in [-0.2, -0.15) is 0 Å². The summed E-state index contributed by atoms with van der Waals surface area (Å²) in [5, 5.41) is 0.614. The summed E-state index contributed by atoms with van der Waals surface area (Å²) in [4.78, 5) is 13.3. The Balaban J connectivity index is 2.42. The van der Waals surface area contributed by atoms with Crippen molar-refractivity contribution < 1.29 is 14.0 Å². The molecule has 0 fully saturated rings. The van der Waals surface area contributed by atoms with Gasteiger partial charge in [0.15, 0.2) is 14.1 Å².